The Hall–Kier alpha value is -3.32. The average molecular weight is 421 g/mol. The number of ether oxygens (including phenoxy) is 2. The highest BCUT2D eigenvalue weighted by atomic mass is 16.5. The molecule has 4 rings (SSSR count). The molecule has 0 radical (unpaired) electrons. The van der Waals surface area contributed by atoms with Crippen molar-refractivity contribution in [2.75, 3.05) is 46.9 Å². The third kappa shape index (κ3) is 4.27. The molecule has 0 unspecified atom stereocenters. The molecule has 2 aromatic carbocycles. The van der Waals surface area contributed by atoms with E-state index in [0.717, 1.165) is 30.9 Å². The van der Waals surface area contributed by atoms with E-state index in [-0.39, 0.29) is 5.91 Å². The number of para-hydroxylation sites is 1. The molecule has 162 valence electrons. The Labute approximate surface area is 182 Å². The van der Waals surface area contributed by atoms with Gasteiger partial charge in [-0.3, -0.25) is 4.79 Å². The van der Waals surface area contributed by atoms with Crippen LogP contribution in [0, 0.1) is 0 Å². The maximum atomic E-state index is 13.5. The SMILES string of the molecule is CCN1CCN(C(=O)c2cn(-c3ccccc3)nc2-c2ccc(OC)c(OC)c2)CC1. The van der Waals surface area contributed by atoms with Gasteiger partial charge in [-0.05, 0) is 36.9 Å². The minimum absolute atomic E-state index is 0.00252. The van der Waals surface area contributed by atoms with Crippen LogP contribution < -0.4 is 9.47 Å². The second-order valence-corrected chi connectivity index (χ2v) is 7.47. The first-order chi connectivity index (χ1) is 15.1. The van der Waals surface area contributed by atoms with E-state index in [1.54, 1.807) is 18.9 Å². The Morgan fingerprint density at radius 2 is 1.68 bits per heavy atom. The highest BCUT2D eigenvalue weighted by Crippen LogP contribution is 2.34. The molecule has 0 bridgehead atoms. The summed E-state index contributed by atoms with van der Waals surface area (Å²) in [6.45, 7) is 6.37. The maximum Gasteiger partial charge on any atom is 0.257 e. The lowest BCUT2D eigenvalue weighted by atomic mass is 10.1. The minimum atomic E-state index is 0.00252. The van der Waals surface area contributed by atoms with Crippen LogP contribution >= 0.6 is 0 Å². The van der Waals surface area contributed by atoms with Crippen LogP contribution in [0.25, 0.3) is 16.9 Å². The van der Waals surface area contributed by atoms with Crippen LogP contribution in [-0.2, 0) is 0 Å². The average Bonchev–Trinajstić information content (AvgIpc) is 3.29. The normalized spacial score (nSPS) is 14.5. The van der Waals surface area contributed by atoms with Gasteiger partial charge >= 0.3 is 0 Å². The van der Waals surface area contributed by atoms with Crippen molar-refractivity contribution in [1.29, 1.82) is 0 Å². The van der Waals surface area contributed by atoms with E-state index in [1.165, 1.54) is 0 Å². The van der Waals surface area contributed by atoms with Gasteiger partial charge in [0.15, 0.2) is 11.5 Å². The van der Waals surface area contributed by atoms with E-state index in [9.17, 15) is 4.79 Å². The van der Waals surface area contributed by atoms with Crippen LogP contribution in [0.4, 0.5) is 0 Å². The van der Waals surface area contributed by atoms with Gasteiger partial charge in [-0.25, -0.2) is 4.68 Å². The molecule has 0 aliphatic carbocycles. The van der Waals surface area contributed by atoms with Crippen LogP contribution in [0.3, 0.4) is 0 Å². The van der Waals surface area contributed by atoms with Crippen LogP contribution in [0.15, 0.2) is 54.7 Å². The molecule has 0 N–H and O–H groups in total. The molecule has 7 heteroatoms. The number of methoxy groups -OCH3 is 2. The highest BCUT2D eigenvalue weighted by Gasteiger charge is 2.26. The summed E-state index contributed by atoms with van der Waals surface area (Å²) >= 11 is 0. The second-order valence-electron chi connectivity index (χ2n) is 7.47. The number of carbonyl (C=O) groups excluding carboxylic acids is 1. The van der Waals surface area contributed by atoms with Crippen molar-refractivity contribution in [2.45, 2.75) is 6.92 Å². The second kappa shape index (κ2) is 9.22. The number of piperazine rings is 1. The molecular weight excluding hydrogens is 392 g/mol. The van der Waals surface area contributed by atoms with Gasteiger partial charge in [0.05, 0.1) is 25.5 Å². The number of amides is 1. The molecular formula is C24H28N4O3. The number of likely N-dealkylation sites (N-methyl/N-ethyl adjacent to an activating group) is 1. The fraction of sp³-hybridized carbons (Fsp3) is 0.333. The molecule has 1 amide bonds. The van der Waals surface area contributed by atoms with Crippen molar-refractivity contribution in [3.8, 4) is 28.4 Å². The smallest absolute Gasteiger partial charge is 0.257 e. The summed E-state index contributed by atoms with van der Waals surface area (Å²) in [4.78, 5) is 17.8. The minimum Gasteiger partial charge on any atom is -0.493 e. The number of benzene rings is 2. The molecule has 0 atom stereocenters. The van der Waals surface area contributed by atoms with Gasteiger partial charge in [0.1, 0.15) is 5.69 Å². The predicted octanol–water partition coefficient (Wildman–Crippen LogP) is 3.33. The van der Waals surface area contributed by atoms with E-state index < -0.39 is 0 Å². The summed E-state index contributed by atoms with van der Waals surface area (Å²) in [6.07, 6.45) is 1.83. The number of aromatic nitrogens is 2. The first-order valence-electron chi connectivity index (χ1n) is 10.5. The quantitative estimate of drug-likeness (QED) is 0.612. The lowest BCUT2D eigenvalue weighted by Crippen LogP contribution is -2.48. The first-order valence-corrected chi connectivity index (χ1v) is 10.5. The molecule has 2 heterocycles. The zero-order valence-corrected chi connectivity index (χ0v) is 18.2. The predicted molar refractivity (Wildman–Crippen MR) is 120 cm³/mol. The largest absolute Gasteiger partial charge is 0.493 e. The Balaban J connectivity index is 1.75. The van der Waals surface area contributed by atoms with E-state index in [4.69, 9.17) is 14.6 Å². The van der Waals surface area contributed by atoms with Crippen LogP contribution in [-0.4, -0.2) is 72.4 Å². The number of rotatable bonds is 6. The number of hydrogen-bond acceptors (Lipinski definition) is 5. The molecule has 1 aromatic heterocycles. The first kappa shape index (κ1) is 20.9. The molecule has 3 aromatic rings. The third-order valence-electron chi connectivity index (χ3n) is 5.73. The Morgan fingerprint density at radius 3 is 2.32 bits per heavy atom. The monoisotopic (exact) mass is 420 g/mol. The van der Waals surface area contributed by atoms with E-state index >= 15 is 0 Å². The number of carbonyl (C=O) groups is 1. The highest BCUT2D eigenvalue weighted by molar-refractivity contribution is 6.00. The van der Waals surface area contributed by atoms with Crippen molar-refractivity contribution in [3.63, 3.8) is 0 Å². The van der Waals surface area contributed by atoms with Crippen LogP contribution in [0.1, 0.15) is 17.3 Å². The summed E-state index contributed by atoms with van der Waals surface area (Å²) in [7, 11) is 3.20. The Bertz CT molecular complexity index is 1040. The maximum absolute atomic E-state index is 13.5. The molecule has 0 saturated carbocycles. The van der Waals surface area contributed by atoms with Gasteiger partial charge in [-0.15, -0.1) is 0 Å². The Morgan fingerprint density at radius 1 is 0.968 bits per heavy atom. The summed E-state index contributed by atoms with van der Waals surface area (Å²) < 4.78 is 12.6. The third-order valence-corrected chi connectivity index (χ3v) is 5.73. The van der Waals surface area contributed by atoms with Crippen molar-refractivity contribution in [2.24, 2.45) is 0 Å². The molecule has 1 aliphatic rings. The topological polar surface area (TPSA) is 59.8 Å². The van der Waals surface area contributed by atoms with E-state index in [0.29, 0.717) is 35.8 Å². The fourth-order valence-corrected chi connectivity index (χ4v) is 3.88. The summed E-state index contributed by atoms with van der Waals surface area (Å²) in [6, 6.07) is 15.4. The molecule has 1 aliphatic heterocycles. The van der Waals surface area contributed by atoms with Crippen molar-refractivity contribution >= 4 is 5.91 Å². The van der Waals surface area contributed by atoms with E-state index in [2.05, 4.69) is 11.8 Å². The zero-order chi connectivity index (χ0) is 21.8. The molecule has 7 nitrogen and oxygen atoms in total. The summed E-state index contributed by atoms with van der Waals surface area (Å²) in [5, 5.41) is 4.79. The molecule has 0 spiro atoms. The van der Waals surface area contributed by atoms with Crippen LogP contribution in [0.2, 0.25) is 0 Å². The summed E-state index contributed by atoms with van der Waals surface area (Å²) in [5.41, 5.74) is 2.93. The van der Waals surface area contributed by atoms with Gasteiger partial charge in [0, 0.05) is 37.9 Å². The molecule has 31 heavy (non-hydrogen) atoms. The molecule has 1 fully saturated rings. The lowest BCUT2D eigenvalue weighted by molar-refractivity contribution is 0.0644. The van der Waals surface area contributed by atoms with Crippen molar-refractivity contribution in [1.82, 2.24) is 19.6 Å². The van der Waals surface area contributed by atoms with Crippen LogP contribution in [0.5, 0.6) is 11.5 Å². The summed E-state index contributed by atoms with van der Waals surface area (Å²) in [5.74, 6) is 1.24. The lowest BCUT2D eigenvalue weighted by Gasteiger charge is -2.34. The van der Waals surface area contributed by atoms with Gasteiger partial charge < -0.3 is 19.3 Å². The number of hydrogen-bond donors (Lipinski definition) is 0. The van der Waals surface area contributed by atoms with Crippen molar-refractivity contribution < 1.29 is 14.3 Å². The van der Waals surface area contributed by atoms with Crippen molar-refractivity contribution in [3.05, 3.63) is 60.3 Å². The Kier molecular flexibility index (Phi) is 6.23. The van der Waals surface area contributed by atoms with Gasteiger partial charge in [0.2, 0.25) is 0 Å². The molecule has 1 saturated heterocycles. The standard InChI is InChI=1S/C24H28N4O3/c1-4-26-12-14-27(15-13-26)24(29)20-17-28(19-8-6-5-7-9-19)25-23(20)18-10-11-21(30-2)22(16-18)31-3/h5-11,16-17H,4,12-15H2,1-3H3. The fourth-order valence-electron chi connectivity index (χ4n) is 3.88. The number of nitrogens with zero attached hydrogens (tertiary/aromatic N) is 4. The zero-order valence-electron chi connectivity index (χ0n) is 18.2. The van der Waals surface area contributed by atoms with Gasteiger partial charge in [-0.1, -0.05) is 25.1 Å². The van der Waals surface area contributed by atoms with Gasteiger partial charge in [-0.2, -0.15) is 5.10 Å². The van der Waals surface area contributed by atoms with E-state index in [1.807, 2.05) is 59.6 Å². The van der Waals surface area contributed by atoms with Gasteiger partial charge in [0.25, 0.3) is 5.91 Å².